The van der Waals surface area contributed by atoms with E-state index in [-0.39, 0.29) is 11.7 Å². The van der Waals surface area contributed by atoms with Crippen molar-refractivity contribution in [1.82, 2.24) is 19.7 Å². The normalized spacial score (nSPS) is 13.0. The first kappa shape index (κ1) is 20.9. The van der Waals surface area contributed by atoms with Gasteiger partial charge in [0.1, 0.15) is 17.2 Å². The lowest BCUT2D eigenvalue weighted by molar-refractivity contribution is 0.0680. The van der Waals surface area contributed by atoms with Crippen LogP contribution >= 0.6 is 11.3 Å². The summed E-state index contributed by atoms with van der Waals surface area (Å²) >= 11 is 1.16. The summed E-state index contributed by atoms with van der Waals surface area (Å²) in [5, 5.41) is 12.5. The number of anilines is 3. The number of fused-ring (bicyclic) bond motifs is 2. The SMILES string of the molecule is Nc1nc2sc(-c3nc(C(=O)O)no3)cc2n(-c2ccc3c(c2)N(c2ccccc2)CCO3)c1=O. The number of carboxylic acids is 1. The quantitative estimate of drug-likeness (QED) is 0.386. The Balaban J connectivity index is 1.52. The highest BCUT2D eigenvalue weighted by molar-refractivity contribution is 7.21. The third kappa shape index (κ3) is 3.47. The molecule has 3 aromatic heterocycles. The summed E-state index contributed by atoms with van der Waals surface area (Å²) in [6.07, 6.45) is 0. The summed E-state index contributed by atoms with van der Waals surface area (Å²) in [7, 11) is 0. The van der Waals surface area contributed by atoms with Crippen molar-refractivity contribution < 1.29 is 19.2 Å². The van der Waals surface area contributed by atoms with Crippen molar-refractivity contribution in [2.45, 2.75) is 0 Å². The minimum Gasteiger partial charge on any atom is -0.490 e. The lowest BCUT2D eigenvalue weighted by Crippen LogP contribution is -2.29. The maximum Gasteiger partial charge on any atom is 0.377 e. The molecule has 0 radical (unpaired) electrons. The van der Waals surface area contributed by atoms with E-state index in [1.807, 2.05) is 42.5 Å². The number of benzene rings is 2. The molecule has 0 unspecified atom stereocenters. The molecule has 174 valence electrons. The summed E-state index contributed by atoms with van der Waals surface area (Å²) < 4.78 is 12.4. The van der Waals surface area contributed by atoms with Crippen molar-refractivity contribution in [3.05, 3.63) is 70.8 Å². The van der Waals surface area contributed by atoms with Crippen LogP contribution in [0.5, 0.6) is 5.75 Å². The van der Waals surface area contributed by atoms with Crippen LogP contribution in [0.4, 0.5) is 17.2 Å². The molecule has 12 heteroatoms. The molecular formula is C23H16N6O5S. The molecule has 2 aromatic carbocycles. The number of nitrogens with two attached hydrogens (primary N) is 1. The second kappa shape index (κ2) is 7.95. The van der Waals surface area contributed by atoms with Gasteiger partial charge in [0, 0.05) is 5.69 Å². The van der Waals surface area contributed by atoms with Gasteiger partial charge in [-0.15, -0.1) is 11.3 Å². The number of thiophene rings is 1. The summed E-state index contributed by atoms with van der Waals surface area (Å²) in [6, 6.07) is 17.0. The standard InChI is InChI=1S/C23H16N6O5S/c24-18-22(30)29(15-11-17(35-21(15)25-18)20-26-19(23(31)32)27-34-20)13-6-7-16-14(10-13)28(8-9-33-16)12-4-2-1-3-5-12/h1-7,10-11H,8-9H2,(H2,24,25)(H,31,32). The molecule has 0 atom stereocenters. The molecular weight excluding hydrogens is 472 g/mol. The van der Waals surface area contributed by atoms with Crippen molar-refractivity contribution >= 4 is 44.8 Å². The van der Waals surface area contributed by atoms with E-state index in [2.05, 4.69) is 20.0 Å². The van der Waals surface area contributed by atoms with E-state index in [4.69, 9.17) is 20.1 Å². The van der Waals surface area contributed by atoms with Crippen LogP contribution in [-0.4, -0.2) is 43.9 Å². The Kier molecular flexibility index (Phi) is 4.74. The maximum absolute atomic E-state index is 13.1. The van der Waals surface area contributed by atoms with Crippen LogP contribution in [0.25, 0.3) is 26.8 Å². The number of hydrogen-bond donors (Lipinski definition) is 2. The van der Waals surface area contributed by atoms with Gasteiger partial charge in [-0.1, -0.05) is 18.2 Å². The van der Waals surface area contributed by atoms with Crippen molar-refractivity contribution in [2.75, 3.05) is 23.8 Å². The Morgan fingerprint density at radius 1 is 1.09 bits per heavy atom. The number of carbonyl (C=O) groups is 1. The van der Waals surface area contributed by atoms with Gasteiger partial charge in [0.15, 0.2) is 5.82 Å². The van der Waals surface area contributed by atoms with Gasteiger partial charge in [0.05, 0.1) is 28.3 Å². The first-order valence-electron chi connectivity index (χ1n) is 10.5. The zero-order valence-electron chi connectivity index (χ0n) is 17.9. The number of para-hydroxylation sites is 1. The summed E-state index contributed by atoms with van der Waals surface area (Å²) in [4.78, 5) is 35.4. The van der Waals surface area contributed by atoms with Crippen molar-refractivity contribution in [3.8, 4) is 22.2 Å². The predicted octanol–water partition coefficient (Wildman–Crippen LogP) is 3.31. The first-order valence-corrected chi connectivity index (χ1v) is 11.3. The first-order chi connectivity index (χ1) is 17.0. The Labute approximate surface area is 200 Å². The highest BCUT2D eigenvalue weighted by Crippen LogP contribution is 2.39. The van der Waals surface area contributed by atoms with Crippen molar-refractivity contribution in [3.63, 3.8) is 0 Å². The number of aromatic nitrogens is 4. The molecule has 0 fully saturated rings. The topological polar surface area (TPSA) is 150 Å². The molecule has 6 rings (SSSR count). The number of nitrogen functional groups attached to an aromatic ring is 1. The van der Waals surface area contributed by atoms with Gasteiger partial charge in [-0.25, -0.2) is 9.78 Å². The van der Waals surface area contributed by atoms with Crippen LogP contribution in [0.1, 0.15) is 10.6 Å². The number of ether oxygens (including phenoxy) is 1. The fraction of sp³-hybridized carbons (Fsp3) is 0.0870. The second-order valence-electron chi connectivity index (χ2n) is 7.65. The molecule has 1 aliphatic rings. The van der Waals surface area contributed by atoms with Gasteiger partial charge in [-0.3, -0.25) is 9.36 Å². The minimum atomic E-state index is -1.31. The van der Waals surface area contributed by atoms with Crippen LogP contribution < -0.4 is 20.9 Å². The van der Waals surface area contributed by atoms with Crippen LogP contribution in [0.2, 0.25) is 0 Å². The second-order valence-corrected chi connectivity index (χ2v) is 8.69. The van der Waals surface area contributed by atoms with Gasteiger partial charge in [0.2, 0.25) is 0 Å². The lowest BCUT2D eigenvalue weighted by Gasteiger charge is -2.31. The van der Waals surface area contributed by atoms with E-state index in [9.17, 15) is 9.59 Å². The van der Waals surface area contributed by atoms with Crippen LogP contribution in [-0.2, 0) is 0 Å². The lowest BCUT2D eigenvalue weighted by atomic mass is 10.1. The average Bonchev–Trinajstić information content (AvgIpc) is 3.52. The van der Waals surface area contributed by atoms with E-state index >= 15 is 0 Å². The fourth-order valence-electron chi connectivity index (χ4n) is 3.99. The zero-order chi connectivity index (χ0) is 24.1. The zero-order valence-corrected chi connectivity index (χ0v) is 18.7. The van der Waals surface area contributed by atoms with Gasteiger partial charge >= 0.3 is 5.97 Å². The number of nitrogens with zero attached hydrogens (tertiary/aromatic N) is 5. The van der Waals surface area contributed by atoms with Crippen molar-refractivity contribution in [2.24, 2.45) is 0 Å². The molecule has 0 saturated heterocycles. The minimum absolute atomic E-state index is 0.0112. The third-order valence-electron chi connectivity index (χ3n) is 5.54. The molecule has 35 heavy (non-hydrogen) atoms. The molecule has 4 heterocycles. The molecule has 0 amide bonds. The predicted molar refractivity (Wildman–Crippen MR) is 129 cm³/mol. The Bertz CT molecular complexity index is 1660. The molecule has 0 saturated carbocycles. The van der Waals surface area contributed by atoms with Gasteiger partial charge in [0.25, 0.3) is 17.3 Å². The molecule has 0 bridgehead atoms. The Morgan fingerprint density at radius 2 is 1.91 bits per heavy atom. The summed E-state index contributed by atoms with van der Waals surface area (Å²) in [5.74, 6) is -1.22. The van der Waals surface area contributed by atoms with Gasteiger partial charge < -0.3 is 25.0 Å². The Morgan fingerprint density at radius 3 is 2.69 bits per heavy atom. The van der Waals surface area contributed by atoms with Crippen LogP contribution in [0, 0.1) is 0 Å². The van der Waals surface area contributed by atoms with E-state index in [1.165, 1.54) is 4.57 Å². The van der Waals surface area contributed by atoms with E-state index in [1.54, 1.807) is 12.1 Å². The number of carboxylic acid groups (broad SMARTS) is 1. The number of hydrogen-bond acceptors (Lipinski definition) is 10. The average molecular weight is 488 g/mol. The number of aromatic carboxylic acids is 1. The van der Waals surface area contributed by atoms with Crippen molar-refractivity contribution in [1.29, 1.82) is 0 Å². The highest BCUT2D eigenvalue weighted by atomic mass is 32.1. The van der Waals surface area contributed by atoms with Crippen LogP contribution in [0.15, 0.2) is 63.9 Å². The molecule has 3 N–H and O–H groups in total. The van der Waals surface area contributed by atoms with E-state index in [0.717, 1.165) is 22.7 Å². The third-order valence-corrected chi connectivity index (χ3v) is 6.54. The van der Waals surface area contributed by atoms with E-state index in [0.29, 0.717) is 39.8 Å². The molecule has 1 aliphatic heterocycles. The molecule has 0 spiro atoms. The molecule has 11 nitrogen and oxygen atoms in total. The Hall–Kier alpha value is -4.71. The smallest absolute Gasteiger partial charge is 0.377 e. The van der Waals surface area contributed by atoms with Gasteiger partial charge in [-0.05, 0) is 41.6 Å². The summed E-state index contributed by atoms with van der Waals surface area (Å²) in [5.41, 5.74) is 8.35. The molecule has 5 aromatic rings. The number of rotatable bonds is 4. The van der Waals surface area contributed by atoms with Gasteiger partial charge in [-0.2, -0.15) is 4.98 Å². The largest absolute Gasteiger partial charge is 0.490 e. The fourth-order valence-corrected chi connectivity index (χ4v) is 4.93. The maximum atomic E-state index is 13.1. The highest BCUT2D eigenvalue weighted by Gasteiger charge is 2.23. The molecule has 0 aliphatic carbocycles. The monoisotopic (exact) mass is 488 g/mol. The summed E-state index contributed by atoms with van der Waals surface area (Å²) in [6.45, 7) is 1.18. The van der Waals surface area contributed by atoms with Crippen LogP contribution in [0.3, 0.4) is 0 Å². The van der Waals surface area contributed by atoms with E-state index < -0.39 is 17.4 Å².